The van der Waals surface area contributed by atoms with Gasteiger partial charge >= 0.3 is 6.09 Å². The monoisotopic (exact) mass is 542 g/mol. The van der Waals surface area contributed by atoms with Crippen LogP contribution >= 0.6 is 0 Å². The molecule has 1 aromatic carbocycles. The molecule has 0 radical (unpaired) electrons. The van der Waals surface area contributed by atoms with E-state index in [0.29, 0.717) is 19.4 Å². The molecule has 0 aromatic heterocycles. The average molecular weight is 543 g/mol. The number of likely N-dealkylation sites (N-methyl/N-ethyl adjacent to an activating group) is 1. The van der Waals surface area contributed by atoms with Crippen LogP contribution in [0.3, 0.4) is 0 Å². The summed E-state index contributed by atoms with van der Waals surface area (Å²) in [5, 5.41) is 5.97. The number of aryl methyl sites for hydroxylation is 1. The molecule has 1 aliphatic carbocycles. The second-order valence-corrected chi connectivity index (χ2v) is 12.9. The Kier molecular flexibility index (Phi) is 9.34. The Labute approximate surface area is 233 Å². The van der Waals surface area contributed by atoms with Crippen molar-refractivity contribution in [2.75, 3.05) is 18.9 Å². The van der Waals surface area contributed by atoms with Crippen molar-refractivity contribution in [2.45, 2.75) is 111 Å². The topological polar surface area (TPSA) is 108 Å². The van der Waals surface area contributed by atoms with Gasteiger partial charge in [0.15, 0.2) is 0 Å². The molecule has 1 aliphatic heterocycles. The standard InChI is InChI=1S/C30H46N4O5/c1-19(33(8)28(38)39-30(5,6)7)25(35)32-24(29(2,3)4)27(37)34-18-12-17-23(34)26(36)31-22-16-11-14-20-13-9-10-15-21(20)22/h11,14,16,19,23-24H,9-10,12-13,15,17-18H2,1-8H3,(H,31,36)(H,32,35). The number of carbonyl (C=O) groups excluding carboxylic acids is 4. The number of ether oxygens (including phenoxy) is 1. The van der Waals surface area contributed by atoms with Crippen LogP contribution in [0.2, 0.25) is 0 Å². The number of amides is 4. The molecule has 9 nitrogen and oxygen atoms in total. The Hall–Kier alpha value is -3.10. The molecule has 3 atom stereocenters. The predicted octanol–water partition coefficient (Wildman–Crippen LogP) is 4.28. The minimum Gasteiger partial charge on any atom is -0.444 e. The molecule has 1 aromatic rings. The quantitative estimate of drug-likeness (QED) is 0.558. The summed E-state index contributed by atoms with van der Waals surface area (Å²) in [5.41, 5.74) is 1.97. The molecule has 1 fully saturated rings. The van der Waals surface area contributed by atoms with Crippen molar-refractivity contribution in [3.05, 3.63) is 29.3 Å². The first kappa shape index (κ1) is 30.4. The van der Waals surface area contributed by atoms with E-state index >= 15 is 0 Å². The summed E-state index contributed by atoms with van der Waals surface area (Å²) in [6.45, 7) is 12.9. The van der Waals surface area contributed by atoms with Crippen LogP contribution in [0.25, 0.3) is 0 Å². The minimum absolute atomic E-state index is 0.197. The molecule has 1 heterocycles. The van der Waals surface area contributed by atoms with Crippen LogP contribution in [0, 0.1) is 5.41 Å². The van der Waals surface area contributed by atoms with Crippen molar-refractivity contribution in [3.8, 4) is 0 Å². The fraction of sp³-hybridized carbons (Fsp3) is 0.667. The number of anilines is 1. The lowest BCUT2D eigenvalue weighted by Crippen LogP contribution is -2.59. The number of benzene rings is 1. The van der Waals surface area contributed by atoms with E-state index in [9.17, 15) is 19.2 Å². The van der Waals surface area contributed by atoms with Gasteiger partial charge in [0.25, 0.3) is 0 Å². The number of fused-ring (bicyclic) bond motifs is 1. The zero-order valence-corrected chi connectivity index (χ0v) is 24.8. The van der Waals surface area contributed by atoms with Crippen LogP contribution in [0.15, 0.2) is 18.2 Å². The fourth-order valence-corrected chi connectivity index (χ4v) is 5.16. The van der Waals surface area contributed by atoms with E-state index in [4.69, 9.17) is 4.74 Å². The maximum Gasteiger partial charge on any atom is 0.410 e. The number of carbonyl (C=O) groups is 4. The van der Waals surface area contributed by atoms with E-state index in [-0.39, 0.29) is 11.8 Å². The van der Waals surface area contributed by atoms with E-state index < -0.39 is 41.1 Å². The molecule has 216 valence electrons. The molecular formula is C30H46N4O5. The Morgan fingerprint density at radius 2 is 1.69 bits per heavy atom. The summed E-state index contributed by atoms with van der Waals surface area (Å²) in [6.07, 6.45) is 4.86. The highest BCUT2D eigenvalue weighted by Crippen LogP contribution is 2.30. The molecule has 1 saturated heterocycles. The third-order valence-electron chi connectivity index (χ3n) is 7.53. The zero-order chi connectivity index (χ0) is 29.1. The van der Waals surface area contributed by atoms with Crippen molar-refractivity contribution in [2.24, 2.45) is 5.41 Å². The molecule has 4 amide bonds. The Balaban J connectivity index is 1.73. The number of likely N-dealkylation sites (tertiary alicyclic amines) is 1. The van der Waals surface area contributed by atoms with Crippen LogP contribution < -0.4 is 10.6 Å². The molecule has 3 rings (SSSR count). The lowest BCUT2D eigenvalue weighted by atomic mass is 9.85. The molecule has 3 unspecified atom stereocenters. The van der Waals surface area contributed by atoms with Gasteiger partial charge in [-0.3, -0.25) is 19.3 Å². The molecule has 2 aliphatic rings. The van der Waals surface area contributed by atoms with Crippen molar-refractivity contribution in [1.29, 1.82) is 0 Å². The van der Waals surface area contributed by atoms with Gasteiger partial charge < -0.3 is 20.3 Å². The van der Waals surface area contributed by atoms with Crippen molar-refractivity contribution in [1.82, 2.24) is 15.1 Å². The maximum atomic E-state index is 13.9. The van der Waals surface area contributed by atoms with Gasteiger partial charge in [-0.1, -0.05) is 32.9 Å². The summed E-state index contributed by atoms with van der Waals surface area (Å²) in [5.74, 6) is -0.958. The predicted molar refractivity (Wildman–Crippen MR) is 151 cm³/mol. The highest BCUT2D eigenvalue weighted by atomic mass is 16.6. The molecule has 0 saturated carbocycles. The van der Waals surface area contributed by atoms with Gasteiger partial charge in [-0.2, -0.15) is 0 Å². The van der Waals surface area contributed by atoms with E-state index in [2.05, 4.69) is 16.7 Å². The minimum atomic E-state index is -0.877. The molecule has 9 heteroatoms. The number of hydrogen-bond acceptors (Lipinski definition) is 5. The Bertz CT molecular complexity index is 1090. The van der Waals surface area contributed by atoms with E-state index in [0.717, 1.165) is 31.4 Å². The van der Waals surface area contributed by atoms with Gasteiger partial charge in [0.05, 0.1) is 0 Å². The first-order valence-electron chi connectivity index (χ1n) is 14.1. The SMILES string of the molecule is CC(C(=O)NC(C(=O)N1CCCC1C(=O)Nc1cccc2c1CCCC2)C(C)(C)C)N(C)C(=O)OC(C)(C)C. The number of hydrogen-bond donors (Lipinski definition) is 2. The highest BCUT2D eigenvalue weighted by molar-refractivity contribution is 5.99. The zero-order valence-electron chi connectivity index (χ0n) is 24.8. The van der Waals surface area contributed by atoms with Gasteiger partial charge in [0.2, 0.25) is 17.7 Å². The van der Waals surface area contributed by atoms with Gasteiger partial charge in [-0.25, -0.2) is 4.79 Å². The van der Waals surface area contributed by atoms with Crippen LogP contribution in [0.5, 0.6) is 0 Å². The largest absolute Gasteiger partial charge is 0.444 e. The van der Waals surface area contributed by atoms with Crippen LogP contribution in [-0.2, 0) is 32.0 Å². The van der Waals surface area contributed by atoms with E-state index in [1.807, 2.05) is 32.9 Å². The van der Waals surface area contributed by atoms with E-state index in [1.54, 1.807) is 32.6 Å². The number of nitrogens with one attached hydrogen (secondary N) is 2. The molecule has 2 N–H and O–H groups in total. The lowest BCUT2D eigenvalue weighted by Gasteiger charge is -2.36. The molecule has 0 bridgehead atoms. The summed E-state index contributed by atoms with van der Waals surface area (Å²) in [4.78, 5) is 55.8. The van der Waals surface area contributed by atoms with Crippen molar-refractivity contribution < 1.29 is 23.9 Å². The normalized spacial score (nSPS) is 19.0. The van der Waals surface area contributed by atoms with Crippen molar-refractivity contribution >= 4 is 29.5 Å². The summed E-state index contributed by atoms with van der Waals surface area (Å²) in [6, 6.07) is 3.67. The Morgan fingerprint density at radius 3 is 2.33 bits per heavy atom. The van der Waals surface area contributed by atoms with Gasteiger partial charge in [0, 0.05) is 19.3 Å². The van der Waals surface area contributed by atoms with Crippen LogP contribution in [-0.4, -0.2) is 70.9 Å². The molecular weight excluding hydrogens is 496 g/mol. The number of nitrogens with zero attached hydrogens (tertiary/aromatic N) is 2. The van der Waals surface area contributed by atoms with Crippen LogP contribution in [0.4, 0.5) is 10.5 Å². The van der Waals surface area contributed by atoms with E-state index in [1.165, 1.54) is 23.1 Å². The maximum absolute atomic E-state index is 13.9. The third kappa shape index (κ3) is 7.51. The average Bonchev–Trinajstić information content (AvgIpc) is 3.34. The smallest absolute Gasteiger partial charge is 0.410 e. The second-order valence-electron chi connectivity index (χ2n) is 12.9. The van der Waals surface area contributed by atoms with Crippen molar-refractivity contribution in [3.63, 3.8) is 0 Å². The molecule has 39 heavy (non-hydrogen) atoms. The highest BCUT2D eigenvalue weighted by Gasteiger charge is 2.43. The third-order valence-corrected chi connectivity index (χ3v) is 7.53. The lowest BCUT2D eigenvalue weighted by molar-refractivity contribution is -0.143. The first-order chi connectivity index (χ1) is 18.1. The second kappa shape index (κ2) is 12.0. The Morgan fingerprint density at radius 1 is 1.03 bits per heavy atom. The van der Waals surface area contributed by atoms with Gasteiger partial charge in [-0.15, -0.1) is 0 Å². The number of rotatable bonds is 6. The summed E-state index contributed by atoms with van der Waals surface area (Å²) in [7, 11) is 1.50. The summed E-state index contributed by atoms with van der Waals surface area (Å²) >= 11 is 0. The first-order valence-corrected chi connectivity index (χ1v) is 14.1. The van der Waals surface area contributed by atoms with Gasteiger partial charge in [-0.05, 0) is 88.8 Å². The molecule has 0 spiro atoms. The fourth-order valence-electron chi connectivity index (χ4n) is 5.16. The summed E-state index contributed by atoms with van der Waals surface area (Å²) < 4.78 is 5.38. The van der Waals surface area contributed by atoms with Gasteiger partial charge in [0.1, 0.15) is 23.7 Å². The van der Waals surface area contributed by atoms with Crippen LogP contribution in [0.1, 0.15) is 85.3 Å².